The summed E-state index contributed by atoms with van der Waals surface area (Å²) < 4.78 is 2.46. The summed E-state index contributed by atoms with van der Waals surface area (Å²) in [6.45, 7) is 14.0. The number of nitrogens with one attached hydrogen (secondary N) is 1. The second kappa shape index (κ2) is 17.5. The van der Waals surface area contributed by atoms with Crippen molar-refractivity contribution in [2.24, 2.45) is 5.92 Å². The van der Waals surface area contributed by atoms with Crippen LogP contribution >= 0.6 is 0 Å². The number of hydrogen-bond acceptors (Lipinski definition) is 0. The molecule has 46 heavy (non-hydrogen) atoms. The standard InChI is InChI=1S/C40H38N2.C4H10/c1-31-25-27-34(28-26-31)29-30-42-33(3)38(39-23-15-16-24-40(39)42)22-14-6-4-5-13-21-37(35-17-9-7-10-18-35)32(2)41-36-19-11-8-12-20-36;1-4(2)3/h4-28H,29-30H2,1-3H3;4H,1-3H3/p+1/b6-4+,13-5+,22-14+,37-21+,41-32?;. The van der Waals surface area contributed by atoms with E-state index in [1.54, 1.807) is 0 Å². The smallest absolute Gasteiger partial charge is 0.203 e. The molecule has 5 aromatic rings. The second-order valence-electron chi connectivity index (χ2n) is 12.3. The molecule has 4 aromatic carbocycles. The van der Waals surface area contributed by atoms with Crippen molar-refractivity contribution in [3.8, 4) is 0 Å². The average Bonchev–Trinajstić information content (AvgIpc) is 3.32. The first kappa shape index (κ1) is 33.9. The molecule has 5 rings (SSSR count). The Balaban J connectivity index is 0.00000113. The lowest BCUT2D eigenvalue weighted by Gasteiger charge is -2.09. The molecule has 0 aliphatic heterocycles. The van der Waals surface area contributed by atoms with Crippen LogP contribution < -0.4 is 4.99 Å². The van der Waals surface area contributed by atoms with E-state index >= 15 is 0 Å². The number of hydrogen-bond donors (Lipinski definition) is 1. The van der Waals surface area contributed by atoms with Crippen LogP contribution in [0.25, 0.3) is 22.6 Å². The van der Waals surface area contributed by atoms with Gasteiger partial charge in [-0.2, -0.15) is 0 Å². The third-order valence-electron chi connectivity index (χ3n) is 7.59. The molecule has 1 aromatic heterocycles. The van der Waals surface area contributed by atoms with Gasteiger partial charge in [-0.05, 0) is 49.5 Å². The lowest BCUT2D eigenvalue weighted by molar-refractivity contribution is -0.352. The molecular formula is C44H49N2+. The number of benzene rings is 4. The van der Waals surface area contributed by atoms with Crippen LogP contribution in [0.3, 0.4) is 0 Å². The van der Waals surface area contributed by atoms with Crippen LogP contribution in [0.4, 0.5) is 5.69 Å². The van der Waals surface area contributed by atoms with E-state index in [2.05, 4.69) is 185 Å². The predicted molar refractivity (Wildman–Crippen MR) is 202 cm³/mol. The fourth-order valence-electron chi connectivity index (χ4n) is 5.31. The minimum Gasteiger partial charge on any atom is -0.344 e. The summed E-state index contributed by atoms with van der Waals surface area (Å²) >= 11 is 0. The molecule has 1 N–H and O–H groups in total. The van der Waals surface area contributed by atoms with Crippen molar-refractivity contribution >= 4 is 34.0 Å². The highest BCUT2D eigenvalue weighted by molar-refractivity contribution is 6.20. The van der Waals surface area contributed by atoms with Crippen LogP contribution in [0.15, 0.2) is 146 Å². The van der Waals surface area contributed by atoms with E-state index in [0.717, 1.165) is 35.9 Å². The molecule has 2 heteroatoms. The van der Waals surface area contributed by atoms with E-state index in [-0.39, 0.29) is 0 Å². The van der Waals surface area contributed by atoms with Crippen molar-refractivity contribution in [2.45, 2.75) is 54.5 Å². The predicted octanol–water partition coefficient (Wildman–Crippen LogP) is 10.2. The molecule has 0 spiro atoms. The molecular weight excluding hydrogens is 556 g/mol. The number of fused-ring (bicyclic) bond motifs is 1. The average molecular weight is 606 g/mol. The van der Waals surface area contributed by atoms with Gasteiger partial charge in [-0.25, -0.2) is 4.99 Å². The molecule has 1 heterocycles. The van der Waals surface area contributed by atoms with Crippen molar-refractivity contribution in [1.29, 1.82) is 0 Å². The Labute approximate surface area is 276 Å². The number of aryl methyl sites for hydroxylation is 3. The maximum Gasteiger partial charge on any atom is 0.203 e. The highest BCUT2D eigenvalue weighted by atomic mass is 15.0. The molecule has 0 saturated heterocycles. The summed E-state index contributed by atoms with van der Waals surface area (Å²) in [7, 11) is 0. The van der Waals surface area contributed by atoms with Gasteiger partial charge in [-0.15, -0.1) is 0 Å². The lowest BCUT2D eigenvalue weighted by Crippen LogP contribution is -2.65. The SMILES string of the molecule is CC(=[NH+]c1ccccc1)\C(=C/C=C/C=C/C=C/c1c(C)n(CCc2ccc(C)cc2)c2ccccc12)c1ccccc1.CC(C)C. The van der Waals surface area contributed by atoms with E-state index < -0.39 is 0 Å². The van der Waals surface area contributed by atoms with E-state index in [4.69, 9.17) is 0 Å². The quantitative estimate of drug-likeness (QED) is 0.121. The molecule has 0 unspecified atom stereocenters. The third kappa shape index (κ3) is 10.0. The molecule has 0 amide bonds. The van der Waals surface area contributed by atoms with Gasteiger partial charge in [0, 0.05) is 53.3 Å². The van der Waals surface area contributed by atoms with Gasteiger partial charge < -0.3 is 4.57 Å². The minimum atomic E-state index is 0.833. The Morgan fingerprint density at radius 2 is 1.28 bits per heavy atom. The third-order valence-corrected chi connectivity index (χ3v) is 7.59. The van der Waals surface area contributed by atoms with Gasteiger partial charge in [0.05, 0.1) is 0 Å². The Hall–Kier alpha value is -4.95. The molecule has 2 nitrogen and oxygen atoms in total. The highest BCUT2D eigenvalue weighted by Gasteiger charge is 2.12. The summed E-state index contributed by atoms with van der Waals surface area (Å²) in [4.78, 5) is 3.55. The summed E-state index contributed by atoms with van der Waals surface area (Å²) in [5.74, 6) is 0.833. The van der Waals surface area contributed by atoms with Gasteiger partial charge >= 0.3 is 0 Å². The summed E-state index contributed by atoms with van der Waals surface area (Å²) in [5.41, 5.74) is 11.1. The first-order valence-electron chi connectivity index (χ1n) is 16.4. The zero-order chi connectivity index (χ0) is 32.7. The zero-order valence-electron chi connectivity index (χ0n) is 28.4. The Morgan fingerprint density at radius 3 is 1.98 bits per heavy atom. The van der Waals surface area contributed by atoms with Crippen molar-refractivity contribution in [2.75, 3.05) is 0 Å². The summed E-state index contributed by atoms with van der Waals surface area (Å²) in [6, 6.07) is 38.4. The Kier molecular flexibility index (Phi) is 12.9. The fourth-order valence-corrected chi connectivity index (χ4v) is 5.31. The maximum absolute atomic E-state index is 3.55. The largest absolute Gasteiger partial charge is 0.344 e. The number of para-hydroxylation sites is 2. The summed E-state index contributed by atoms with van der Waals surface area (Å²) in [6.07, 6.45) is 15.9. The van der Waals surface area contributed by atoms with Crippen LogP contribution in [0.2, 0.25) is 0 Å². The minimum absolute atomic E-state index is 0.833. The highest BCUT2D eigenvalue weighted by Crippen LogP contribution is 2.27. The molecule has 0 radical (unpaired) electrons. The van der Waals surface area contributed by atoms with Crippen molar-refractivity contribution in [3.05, 3.63) is 174 Å². The van der Waals surface area contributed by atoms with Gasteiger partial charge in [0.2, 0.25) is 5.69 Å². The molecule has 0 atom stereocenters. The van der Waals surface area contributed by atoms with Gasteiger partial charge in [0.15, 0.2) is 5.71 Å². The number of allylic oxidation sites excluding steroid dienone is 7. The van der Waals surface area contributed by atoms with Gasteiger partial charge in [-0.1, -0.05) is 154 Å². The normalized spacial score (nSPS) is 12.5. The Bertz CT molecular complexity index is 1810. The number of rotatable bonds is 10. The first-order chi connectivity index (χ1) is 22.3. The fraction of sp³-hybridized carbons (Fsp3) is 0.205. The number of aromatic nitrogens is 1. The van der Waals surface area contributed by atoms with Crippen molar-refractivity contribution < 1.29 is 4.99 Å². The molecule has 0 bridgehead atoms. The number of nitrogens with zero attached hydrogens (tertiary/aromatic N) is 1. The molecule has 0 aliphatic carbocycles. The van der Waals surface area contributed by atoms with E-state index in [1.165, 1.54) is 38.9 Å². The molecule has 0 aliphatic rings. The van der Waals surface area contributed by atoms with Gasteiger partial charge in [0.1, 0.15) is 0 Å². The Morgan fingerprint density at radius 1 is 0.696 bits per heavy atom. The van der Waals surface area contributed by atoms with Crippen LogP contribution in [-0.2, 0) is 13.0 Å². The van der Waals surface area contributed by atoms with E-state index in [1.807, 2.05) is 18.2 Å². The molecule has 0 saturated carbocycles. The van der Waals surface area contributed by atoms with Crippen LogP contribution in [0, 0.1) is 19.8 Å². The molecule has 234 valence electrons. The summed E-state index contributed by atoms with van der Waals surface area (Å²) in [5, 5.41) is 1.30. The van der Waals surface area contributed by atoms with Gasteiger partial charge in [-0.3, -0.25) is 0 Å². The lowest BCUT2D eigenvalue weighted by atomic mass is 10.0. The monoisotopic (exact) mass is 605 g/mol. The zero-order valence-corrected chi connectivity index (χ0v) is 28.4. The van der Waals surface area contributed by atoms with Crippen LogP contribution in [-0.4, -0.2) is 10.3 Å². The van der Waals surface area contributed by atoms with E-state index in [0.29, 0.717) is 0 Å². The molecule has 0 fully saturated rings. The topological polar surface area (TPSA) is 18.9 Å². The van der Waals surface area contributed by atoms with Crippen LogP contribution in [0.1, 0.15) is 55.6 Å². The first-order valence-corrected chi connectivity index (χ1v) is 16.4. The van der Waals surface area contributed by atoms with E-state index in [9.17, 15) is 0 Å². The maximum atomic E-state index is 3.55. The van der Waals surface area contributed by atoms with Crippen molar-refractivity contribution in [1.82, 2.24) is 4.57 Å². The van der Waals surface area contributed by atoms with Crippen LogP contribution in [0.5, 0.6) is 0 Å². The van der Waals surface area contributed by atoms with Gasteiger partial charge in [0.25, 0.3) is 0 Å². The van der Waals surface area contributed by atoms with Crippen molar-refractivity contribution in [3.63, 3.8) is 0 Å². The second-order valence-corrected chi connectivity index (χ2v) is 12.3.